The van der Waals surface area contributed by atoms with E-state index in [-0.39, 0.29) is 0 Å². The van der Waals surface area contributed by atoms with Gasteiger partial charge in [0.25, 0.3) is 0 Å². The zero-order valence-corrected chi connectivity index (χ0v) is 10.3. The molecule has 1 heterocycles. The summed E-state index contributed by atoms with van der Waals surface area (Å²) in [6.07, 6.45) is 4.02. The van der Waals surface area contributed by atoms with E-state index >= 15 is 0 Å². The Kier molecular flexibility index (Phi) is 3.44. The fraction of sp³-hybridized carbons (Fsp3) is 0.667. The lowest BCUT2D eigenvalue weighted by Gasteiger charge is -2.25. The molecule has 2 nitrogen and oxygen atoms in total. The van der Waals surface area contributed by atoms with E-state index in [1.54, 1.807) is 0 Å². The molecule has 1 fully saturated rings. The van der Waals surface area contributed by atoms with Crippen LogP contribution in [0.1, 0.15) is 42.7 Å². The summed E-state index contributed by atoms with van der Waals surface area (Å²) < 4.78 is 0. The Hall–Kier alpha value is -0.380. The molecule has 0 saturated heterocycles. The van der Waals surface area contributed by atoms with Gasteiger partial charge in [-0.3, -0.25) is 11.3 Å². The first kappa shape index (κ1) is 11.1. The number of nitrogens with one attached hydrogen (secondary N) is 1. The van der Waals surface area contributed by atoms with Crippen molar-refractivity contribution in [2.45, 2.75) is 39.2 Å². The highest BCUT2D eigenvalue weighted by Crippen LogP contribution is 2.40. The van der Waals surface area contributed by atoms with Crippen molar-refractivity contribution in [2.24, 2.45) is 17.7 Å². The van der Waals surface area contributed by atoms with Gasteiger partial charge in [0.05, 0.1) is 0 Å². The molecule has 1 saturated carbocycles. The molecule has 0 aromatic carbocycles. The van der Waals surface area contributed by atoms with Gasteiger partial charge in [-0.05, 0) is 42.2 Å². The van der Waals surface area contributed by atoms with E-state index in [0.717, 1.165) is 5.92 Å². The van der Waals surface area contributed by atoms with Gasteiger partial charge in [0, 0.05) is 10.9 Å². The first-order valence-electron chi connectivity index (χ1n) is 5.73. The lowest BCUT2D eigenvalue weighted by Crippen LogP contribution is -2.34. The van der Waals surface area contributed by atoms with Crippen molar-refractivity contribution in [1.82, 2.24) is 5.43 Å². The molecule has 2 rings (SSSR count). The maximum absolute atomic E-state index is 5.71. The Labute approximate surface area is 95.8 Å². The van der Waals surface area contributed by atoms with Gasteiger partial charge in [0.1, 0.15) is 0 Å². The van der Waals surface area contributed by atoms with Crippen LogP contribution < -0.4 is 11.3 Å². The highest BCUT2D eigenvalue weighted by atomic mass is 32.1. The van der Waals surface area contributed by atoms with Crippen LogP contribution in [0, 0.1) is 18.8 Å². The van der Waals surface area contributed by atoms with Gasteiger partial charge < -0.3 is 0 Å². The van der Waals surface area contributed by atoms with Crippen LogP contribution in [0.2, 0.25) is 0 Å². The van der Waals surface area contributed by atoms with Crippen LogP contribution in [-0.2, 0) is 0 Å². The lowest BCUT2D eigenvalue weighted by molar-refractivity contribution is 0.305. The molecule has 3 heteroatoms. The predicted octanol–water partition coefficient (Wildman–Crippen LogP) is 3.00. The van der Waals surface area contributed by atoms with E-state index in [9.17, 15) is 0 Å². The highest BCUT2D eigenvalue weighted by Gasteiger charge is 2.31. The largest absolute Gasteiger partial charge is 0.271 e. The van der Waals surface area contributed by atoms with E-state index in [2.05, 4.69) is 30.7 Å². The minimum absolute atomic E-state index is 0.354. The summed E-state index contributed by atoms with van der Waals surface area (Å²) in [4.78, 5) is 1.37. The van der Waals surface area contributed by atoms with Gasteiger partial charge in [0.15, 0.2) is 0 Å². The van der Waals surface area contributed by atoms with E-state index in [1.807, 2.05) is 11.3 Å². The Morgan fingerprint density at radius 3 is 2.80 bits per heavy atom. The summed E-state index contributed by atoms with van der Waals surface area (Å²) >= 11 is 1.81. The summed E-state index contributed by atoms with van der Waals surface area (Å²) in [6.45, 7) is 4.50. The van der Waals surface area contributed by atoms with Gasteiger partial charge in [-0.2, -0.15) is 0 Å². The average molecular weight is 224 g/mol. The summed E-state index contributed by atoms with van der Waals surface area (Å²) in [5.41, 5.74) is 4.38. The Morgan fingerprint density at radius 1 is 1.53 bits per heavy atom. The van der Waals surface area contributed by atoms with Gasteiger partial charge in [-0.15, -0.1) is 11.3 Å². The summed E-state index contributed by atoms with van der Waals surface area (Å²) in [5.74, 6) is 7.22. The second-order valence-electron chi connectivity index (χ2n) is 4.71. The highest BCUT2D eigenvalue weighted by molar-refractivity contribution is 7.10. The van der Waals surface area contributed by atoms with Crippen LogP contribution in [0.25, 0.3) is 0 Å². The number of hydrogen-bond acceptors (Lipinski definition) is 3. The van der Waals surface area contributed by atoms with Crippen molar-refractivity contribution in [3.63, 3.8) is 0 Å². The molecule has 0 bridgehead atoms. The summed E-state index contributed by atoms with van der Waals surface area (Å²) in [6, 6.07) is 2.62. The number of hydrazine groups is 1. The molecule has 1 aromatic rings. The van der Waals surface area contributed by atoms with Crippen LogP contribution in [-0.4, -0.2) is 0 Å². The molecule has 0 aliphatic heterocycles. The smallest absolute Gasteiger partial charge is 0.0499 e. The van der Waals surface area contributed by atoms with Crippen molar-refractivity contribution in [2.75, 3.05) is 0 Å². The van der Waals surface area contributed by atoms with E-state index in [4.69, 9.17) is 5.84 Å². The Bertz CT molecular complexity index is 321. The second kappa shape index (κ2) is 4.64. The Morgan fingerprint density at radius 2 is 2.33 bits per heavy atom. The number of nitrogens with two attached hydrogens (primary N) is 1. The number of hydrogen-bond donors (Lipinski definition) is 2. The molecular weight excluding hydrogens is 204 g/mol. The quantitative estimate of drug-likeness (QED) is 0.612. The Balaban J connectivity index is 2.16. The third kappa shape index (κ3) is 2.25. The molecule has 0 amide bonds. The molecule has 1 aliphatic carbocycles. The predicted molar refractivity (Wildman–Crippen MR) is 65.6 cm³/mol. The fourth-order valence-corrected chi connectivity index (χ4v) is 3.50. The molecular formula is C12H20N2S. The van der Waals surface area contributed by atoms with Crippen LogP contribution in [0.5, 0.6) is 0 Å². The van der Waals surface area contributed by atoms with Gasteiger partial charge in [-0.1, -0.05) is 19.8 Å². The topological polar surface area (TPSA) is 38.0 Å². The third-order valence-corrected chi connectivity index (χ3v) is 4.53. The van der Waals surface area contributed by atoms with Gasteiger partial charge in [-0.25, -0.2) is 0 Å². The fourth-order valence-electron chi connectivity index (χ4n) is 2.76. The first-order valence-corrected chi connectivity index (χ1v) is 6.61. The SMILES string of the molecule is Cc1cc(C(NN)C2CCCC2C)cs1. The molecule has 84 valence electrons. The normalized spacial score (nSPS) is 28.2. The van der Waals surface area contributed by atoms with Gasteiger partial charge in [0.2, 0.25) is 0 Å². The van der Waals surface area contributed by atoms with Crippen LogP contribution in [0.15, 0.2) is 11.4 Å². The minimum atomic E-state index is 0.354. The monoisotopic (exact) mass is 224 g/mol. The standard InChI is InChI=1S/C12H20N2S/c1-8-4-3-5-11(8)12(14-13)10-6-9(2)15-7-10/h6-8,11-12,14H,3-5,13H2,1-2H3. The number of thiophene rings is 1. The van der Waals surface area contributed by atoms with Crippen molar-refractivity contribution in [3.05, 3.63) is 21.9 Å². The summed E-state index contributed by atoms with van der Waals surface area (Å²) in [5, 5.41) is 2.24. The maximum atomic E-state index is 5.71. The first-order chi connectivity index (χ1) is 7.22. The molecule has 15 heavy (non-hydrogen) atoms. The maximum Gasteiger partial charge on any atom is 0.0499 e. The molecule has 1 aromatic heterocycles. The summed E-state index contributed by atoms with van der Waals surface area (Å²) in [7, 11) is 0. The van der Waals surface area contributed by atoms with E-state index in [1.165, 1.54) is 29.7 Å². The second-order valence-corrected chi connectivity index (χ2v) is 5.82. The average Bonchev–Trinajstić information content (AvgIpc) is 2.79. The molecule has 3 unspecified atom stereocenters. The molecule has 3 N–H and O–H groups in total. The number of rotatable bonds is 3. The van der Waals surface area contributed by atoms with Crippen LogP contribution in [0.3, 0.4) is 0 Å². The third-order valence-electron chi connectivity index (χ3n) is 3.65. The zero-order chi connectivity index (χ0) is 10.8. The van der Waals surface area contributed by atoms with Crippen molar-refractivity contribution in [1.29, 1.82) is 0 Å². The molecule has 1 aliphatic rings. The van der Waals surface area contributed by atoms with Crippen molar-refractivity contribution < 1.29 is 0 Å². The lowest BCUT2D eigenvalue weighted by atomic mass is 9.87. The van der Waals surface area contributed by atoms with E-state index < -0.39 is 0 Å². The molecule has 0 spiro atoms. The van der Waals surface area contributed by atoms with Crippen LogP contribution in [0.4, 0.5) is 0 Å². The van der Waals surface area contributed by atoms with Gasteiger partial charge >= 0.3 is 0 Å². The van der Waals surface area contributed by atoms with Crippen molar-refractivity contribution in [3.8, 4) is 0 Å². The zero-order valence-electron chi connectivity index (χ0n) is 9.49. The molecule has 3 atom stereocenters. The minimum Gasteiger partial charge on any atom is -0.271 e. The van der Waals surface area contributed by atoms with Crippen molar-refractivity contribution >= 4 is 11.3 Å². The van der Waals surface area contributed by atoms with Crippen LogP contribution >= 0.6 is 11.3 Å². The van der Waals surface area contributed by atoms with E-state index in [0.29, 0.717) is 12.0 Å². The number of aryl methyl sites for hydroxylation is 1. The molecule has 0 radical (unpaired) electrons.